The van der Waals surface area contributed by atoms with Crippen LogP contribution in [0.25, 0.3) is 0 Å². The highest BCUT2D eigenvalue weighted by Crippen LogP contribution is 2.18. The molecule has 0 fully saturated rings. The summed E-state index contributed by atoms with van der Waals surface area (Å²) in [7, 11) is 0. The standard InChI is InChI=1S/C18H21NOS/c1-4-19(16-7-5-6-14(2)12-16)13-18(20)15-8-10-17(21-3)11-9-15/h5-12H,4,13H2,1-3H3. The molecule has 110 valence electrons. The van der Waals surface area contributed by atoms with Crippen molar-refractivity contribution in [2.45, 2.75) is 18.7 Å². The number of carbonyl (C=O) groups excluding carboxylic acids is 1. The molecule has 0 bridgehead atoms. The van der Waals surface area contributed by atoms with Gasteiger partial charge in [0.1, 0.15) is 0 Å². The molecular weight excluding hydrogens is 278 g/mol. The van der Waals surface area contributed by atoms with Crippen molar-refractivity contribution in [2.24, 2.45) is 0 Å². The fourth-order valence-corrected chi connectivity index (χ4v) is 2.66. The molecule has 0 N–H and O–H groups in total. The molecule has 2 rings (SSSR count). The van der Waals surface area contributed by atoms with Crippen LogP contribution in [-0.4, -0.2) is 25.1 Å². The molecule has 0 aliphatic rings. The van der Waals surface area contributed by atoms with Gasteiger partial charge in [0.25, 0.3) is 0 Å². The summed E-state index contributed by atoms with van der Waals surface area (Å²) in [6.07, 6.45) is 2.04. The summed E-state index contributed by atoms with van der Waals surface area (Å²) in [6.45, 7) is 5.38. The van der Waals surface area contributed by atoms with Gasteiger partial charge < -0.3 is 4.90 Å². The summed E-state index contributed by atoms with van der Waals surface area (Å²) in [5.41, 5.74) is 3.09. The largest absolute Gasteiger partial charge is 0.364 e. The zero-order valence-corrected chi connectivity index (χ0v) is 13.6. The van der Waals surface area contributed by atoms with E-state index >= 15 is 0 Å². The van der Waals surface area contributed by atoms with Crippen LogP contribution in [0.1, 0.15) is 22.8 Å². The average molecular weight is 299 g/mol. The second kappa shape index (κ2) is 7.32. The monoisotopic (exact) mass is 299 g/mol. The molecule has 0 spiro atoms. The van der Waals surface area contributed by atoms with Crippen LogP contribution in [0.3, 0.4) is 0 Å². The lowest BCUT2D eigenvalue weighted by molar-refractivity contribution is 0.0999. The molecule has 2 nitrogen and oxygen atoms in total. The minimum absolute atomic E-state index is 0.158. The van der Waals surface area contributed by atoms with E-state index in [0.717, 1.165) is 17.8 Å². The minimum Gasteiger partial charge on any atom is -0.364 e. The summed E-state index contributed by atoms with van der Waals surface area (Å²) < 4.78 is 0. The normalized spacial score (nSPS) is 10.4. The van der Waals surface area contributed by atoms with Crippen LogP contribution in [-0.2, 0) is 0 Å². The number of ketones is 1. The number of likely N-dealkylation sites (N-methyl/N-ethyl adjacent to an activating group) is 1. The van der Waals surface area contributed by atoms with Crippen molar-refractivity contribution >= 4 is 23.2 Å². The molecule has 0 aromatic heterocycles. The first-order valence-electron chi connectivity index (χ1n) is 7.13. The number of carbonyl (C=O) groups is 1. The van der Waals surface area contributed by atoms with E-state index in [1.165, 1.54) is 10.5 Å². The van der Waals surface area contributed by atoms with Gasteiger partial charge in [0.15, 0.2) is 5.78 Å². The molecular formula is C18H21NOS. The van der Waals surface area contributed by atoms with E-state index in [2.05, 4.69) is 36.9 Å². The zero-order chi connectivity index (χ0) is 15.2. The Morgan fingerprint density at radius 2 is 1.86 bits per heavy atom. The van der Waals surface area contributed by atoms with Gasteiger partial charge in [-0.1, -0.05) is 24.3 Å². The van der Waals surface area contributed by atoms with Gasteiger partial charge in [-0.05, 0) is 49.9 Å². The third-order valence-corrected chi connectivity index (χ3v) is 4.24. The van der Waals surface area contributed by atoms with E-state index in [4.69, 9.17) is 0 Å². The highest BCUT2D eigenvalue weighted by molar-refractivity contribution is 7.98. The fraction of sp³-hybridized carbons (Fsp3) is 0.278. The SMILES string of the molecule is CCN(CC(=O)c1ccc(SC)cc1)c1cccc(C)c1. The number of nitrogens with zero attached hydrogens (tertiary/aromatic N) is 1. The summed E-state index contributed by atoms with van der Waals surface area (Å²) >= 11 is 1.68. The maximum Gasteiger partial charge on any atom is 0.182 e. The number of hydrogen-bond acceptors (Lipinski definition) is 3. The maximum atomic E-state index is 12.4. The predicted molar refractivity (Wildman–Crippen MR) is 91.6 cm³/mol. The first-order chi connectivity index (χ1) is 10.1. The Balaban J connectivity index is 2.12. The van der Waals surface area contributed by atoms with Crippen LogP contribution in [0.2, 0.25) is 0 Å². The maximum absolute atomic E-state index is 12.4. The van der Waals surface area contributed by atoms with E-state index in [1.54, 1.807) is 11.8 Å². The molecule has 0 radical (unpaired) electrons. The van der Waals surface area contributed by atoms with Crippen molar-refractivity contribution in [3.8, 4) is 0 Å². The van der Waals surface area contributed by atoms with Crippen molar-refractivity contribution < 1.29 is 4.79 Å². The van der Waals surface area contributed by atoms with E-state index in [9.17, 15) is 4.79 Å². The predicted octanol–water partition coefficient (Wildman–Crippen LogP) is 4.43. The Labute approximate surface area is 131 Å². The summed E-state index contributed by atoms with van der Waals surface area (Å²) in [5, 5.41) is 0. The van der Waals surface area contributed by atoms with Gasteiger partial charge in [-0.25, -0.2) is 0 Å². The molecule has 0 saturated heterocycles. The zero-order valence-electron chi connectivity index (χ0n) is 12.8. The van der Waals surface area contributed by atoms with Crippen molar-refractivity contribution in [3.05, 3.63) is 59.7 Å². The third kappa shape index (κ3) is 4.11. The van der Waals surface area contributed by atoms with Crippen molar-refractivity contribution in [2.75, 3.05) is 24.2 Å². The van der Waals surface area contributed by atoms with Gasteiger partial charge >= 0.3 is 0 Å². The molecule has 0 atom stereocenters. The molecule has 0 aliphatic heterocycles. The highest BCUT2D eigenvalue weighted by atomic mass is 32.2. The number of rotatable bonds is 6. The number of aryl methyl sites for hydroxylation is 1. The van der Waals surface area contributed by atoms with Crippen LogP contribution in [0.4, 0.5) is 5.69 Å². The molecule has 0 saturated carbocycles. The Hall–Kier alpha value is -1.74. The van der Waals surface area contributed by atoms with E-state index in [-0.39, 0.29) is 5.78 Å². The lowest BCUT2D eigenvalue weighted by Gasteiger charge is -2.22. The summed E-state index contributed by atoms with van der Waals surface area (Å²) in [6, 6.07) is 16.1. The first-order valence-corrected chi connectivity index (χ1v) is 8.35. The van der Waals surface area contributed by atoms with Gasteiger partial charge in [-0.2, -0.15) is 0 Å². The summed E-state index contributed by atoms with van der Waals surface area (Å²) in [4.78, 5) is 15.7. The number of anilines is 1. The molecule has 0 heterocycles. The van der Waals surface area contributed by atoms with Gasteiger partial charge in [-0.15, -0.1) is 11.8 Å². The van der Waals surface area contributed by atoms with Crippen LogP contribution >= 0.6 is 11.8 Å². The highest BCUT2D eigenvalue weighted by Gasteiger charge is 2.12. The Kier molecular flexibility index (Phi) is 5.45. The van der Waals surface area contributed by atoms with Gasteiger partial charge in [0.2, 0.25) is 0 Å². The molecule has 0 amide bonds. The second-order valence-electron chi connectivity index (χ2n) is 5.00. The second-order valence-corrected chi connectivity index (χ2v) is 5.88. The Morgan fingerprint density at radius 3 is 2.43 bits per heavy atom. The smallest absolute Gasteiger partial charge is 0.182 e. The minimum atomic E-state index is 0.158. The van der Waals surface area contributed by atoms with Gasteiger partial charge in [0, 0.05) is 22.7 Å². The summed E-state index contributed by atoms with van der Waals surface area (Å²) in [5.74, 6) is 0.158. The first kappa shape index (κ1) is 15.6. The lowest BCUT2D eigenvalue weighted by atomic mass is 10.1. The molecule has 0 unspecified atom stereocenters. The molecule has 3 heteroatoms. The van der Waals surface area contributed by atoms with Gasteiger partial charge in [-0.3, -0.25) is 4.79 Å². The topological polar surface area (TPSA) is 20.3 Å². The van der Waals surface area contributed by atoms with Crippen LogP contribution in [0.5, 0.6) is 0 Å². The van der Waals surface area contributed by atoms with Crippen LogP contribution in [0, 0.1) is 6.92 Å². The van der Waals surface area contributed by atoms with Gasteiger partial charge in [0.05, 0.1) is 6.54 Å². The van der Waals surface area contributed by atoms with Crippen LogP contribution < -0.4 is 4.90 Å². The molecule has 2 aromatic carbocycles. The average Bonchev–Trinajstić information content (AvgIpc) is 2.52. The van der Waals surface area contributed by atoms with Crippen molar-refractivity contribution in [1.29, 1.82) is 0 Å². The Bertz CT molecular complexity index is 607. The fourth-order valence-electron chi connectivity index (χ4n) is 2.25. The molecule has 21 heavy (non-hydrogen) atoms. The molecule has 0 aliphatic carbocycles. The van der Waals surface area contributed by atoms with E-state index in [1.807, 2.05) is 36.6 Å². The van der Waals surface area contributed by atoms with E-state index in [0.29, 0.717) is 6.54 Å². The number of benzene rings is 2. The lowest BCUT2D eigenvalue weighted by Crippen LogP contribution is -2.29. The van der Waals surface area contributed by atoms with Crippen molar-refractivity contribution in [1.82, 2.24) is 0 Å². The number of hydrogen-bond donors (Lipinski definition) is 0. The quantitative estimate of drug-likeness (QED) is 0.581. The van der Waals surface area contributed by atoms with E-state index < -0.39 is 0 Å². The number of thioether (sulfide) groups is 1. The molecule has 2 aromatic rings. The Morgan fingerprint density at radius 1 is 1.14 bits per heavy atom. The van der Waals surface area contributed by atoms with Crippen LogP contribution in [0.15, 0.2) is 53.4 Å². The third-order valence-electron chi connectivity index (χ3n) is 3.49. The van der Waals surface area contributed by atoms with Crippen molar-refractivity contribution in [3.63, 3.8) is 0 Å². The number of Topliss-reactive ketones (excluding diaryl/α,β-unsaturated/α-hetero) is 1.